The van der Waals surface area contributed by atoms with E-state index in [1.54, 1.807) is 0 Å². The van der Waals surface area contributed by atoms with Crippen LogP contribution in [-0.4, -0.2) is 42.0 Å². The largest absolute Gasteiger partial charge is 0.302 e. The molecule has 3 nitrogen and oxygen atoms in total. The van der Waals surface area contributed by atoms with Crippen molar-refractivity contribution in [2.75, 3.05) is 26.2 Å². The van der Waals surface area contributed by atoms with Crippen LogP contribution < -0.4 is 0 Å². The minimum atomic E-state index is 0.648. The Kier molecular flexibility index (Phi) is 6.72. The average Bonchev–Trinajstić information content (AvgIpc) is 2.68. The Morgan fingerprint density at radius 3 is 2.71 bits per heavy atom. The number of hydrogen-bond donors (Lipinski definition) is 0. The molecular weight excluding hydrogens is 258 g/mol. The summed E-state index contributed by atoms with van der Waals surface area (Å²) in [4.78, 5) is 5.17. The second-order valence-electron chi connectivity index (χ2n) is 6.05. The zero-order valence-corrected chi connectivity index (χ0v) is 13.2. The first-order chi connectivity index (χ1) is 10.3. The maximum atomic E-state index is 8.59. The predicted octanol–water partition coefficient (Wildman–Crippen LogP) is 3.28. The smallest absolute Gasteiger partial charge is 0.0621 e. The van der Waals surface area contributed by atoms with Crippen LogP contribution in [0.15, 0.2) is 30.3 Å². The first-order valence-electron chi connectivity index (χ1n) is 8.17. The molecular formula is C18H27N3. The number of rotatable bonds is 6. The molecule has 1 atom stereocenters. The highest BCUT2D eigenvalue weighted by Crippen LogP contribution is 2.15. The molecule has 21 heavy (non-hydrogen) atoms. The summed E-state index contributed by atoms with van der Waals surface area (Å²) in [6, 6.07) is 13.6. The fourth-order valence-electron chi connectivity index (χ4n) is 2.97. The van der Waals surface area contributed by atoms with Crippen LogP contribution in [0.25, 0.3) is 0 Å². The fourth-order valence-corrected chi connectivity index (χ4v) is 2.97. The number of unbranched alkanes of at least 4 members (excludes halogenated alkanes) is 2. The Balaban J connectivity index is 1.79. The van der Waals surface area contributed by atoms with Crippen LogP contribution in [0, 0.1) is 11.3 Å². The fraction of sp³-hybridized carbons (Fsp3) is 0.611. The summed E-state index contributed by atoms with van der Waals surface area (Å²) in [7, 11) is 0. The maximum Gasteiger partial charge on any atom is 0.0621 e. The summed E-state index contributed by atoms with van der Waals surface area (Å²) in [5.74, 6) is 0. The lowest BCUT2D eigenvalue weighted by molar-refractivity contribution is 0.205. The van der Waals surface area contributed by atoms with Gasteiger partial charge in [-0.15, -0.1) is 0 Å². The molecule has 0 amide bonds. The van der Waals surface area contributed by atoms with Crippen molar-refractivity contribution in [3.05, 3.63) is 35.9 Å². The van der Waals surface area contributed by atoms with Gasteiger partial charge in [-0.2, -0.15) is 5.26 Å². The molecule has 0 saturated carbocycles. The van der Waals surface area contributed by atoms with Crippen molar-refractivity contribution in [1.29, 1.82) is 5.26 Å². The summed E-state index contributed by atoms with van der Waals surface area (Å²) < 4.78 is 0. The van der Waals surface area contributed by atoms with Crippen LogP contribution in [0.3, 0.4) is 0 Å². The van der Waals surface area contributed by atoms with E-state index >= 15 is 0 Å². The third-order valence-electron chi connectivity index (χ3n) is 4.43. The van der Waals surface area contributed by atoms with Gasteiger partial charge in [-0.3, -0.25) is 4.90 Å². The van der Waals surface area contributed by atoms with Gasteiger partial charge in [0, 0.05) is 32.1 Å². The van der Waals surface area contributed by atoms with E-state index in [0.717, 1.165) is 39.0 Å². The molecule has 1 saturated heterocycles. The molecule has 1 aromatic carbocycles. The highest BCUT2D eigenvalue weighted by atomic mass is 15.2. The van der Waals surface area contributed by atoms with E-state index in [1.165, 1.54) is 18.5 Å². The molecule has 2 rings (SSSR count). The molecule has 0 bridgehead atoms. The summed E-state index contributed by atoms with van der Waals surface area (Å²) in [6.07, 6.45) is 4.13. The normalized spacial score (nSPS) is 20.9. The van der Waals surface area contributed by atoms with Crippen molar-refractivity contribution in [1.82, 2.24) is 9.80 Å². The van der Waals surface area contributed by atoms with E-state index in [-0.39, 0.29) is 0 Å². The van der Waals surface area contributed by atoms with Crippen molar-refractivity contribution in [2.45, 2.75) is 45.2 Å². The van der Waals surface area contributed by atoms with Gasteiger partial charge in [0.05, 0.1) is 6.07 Å². The van der Waals surface area contributed by atoms with E-state index < -0.39 is 0 Å². The minimum Gasteiger partial charge on any atom is -0.302 e. The van der Waals surface area contributed by atoms with Gasteiger partial charge in [0.25, 0.3) is 0 Å². The predicted molar refractivity (Wildman–Crippen MR) is 86.8 cm³/mol. The average molecular weight is 285 g/mol. The molecule has 1 aromatic rings. The highest BCUT2D eigenvalue weighted by molar-refractivity contribution is 5.14. The number of nitriles is 1. The zero-order valence-electron chi connectivity index (χ0n) is 13.2. The first kappa shape index (κ1) is 16.0. The number of benzene rings is 1. The summed E-state index contributed by atoms with van der Waals surface area (Å²) >= 11 is 0. The lowest BCUT2D eigenvalue weighted by atomic mass is 10.1. The molecule has 1 heterocycles. The lowest BCUT2D eigenvalue weighted by Crippen LogP contribution is -2.34. The molecule has 0 N–H and O–H groups in total. The second kappa shape index (κ2) is 8.81. The molecule has 3 heteroatoms. The van der Waals surface area contributed by atoms with Gasteiger partial charge >= 0.3 is 0 Å². The summed E-state index contributed by atoms with van der Waals surface area (Å²) in [5, 5.41) is 8.59. The summed E-state index contributed by atoms with van der Waals surface area (Å²) in [6.45, 7) is 8.05. The molecule has 0 radical (unpaired) electrons. The van der Waals surface area contributed by atoms with Gasteiger partial charge in [-0.1, -0.05) is 30.3 Å². The van der Waals surface area contributed by atoms with Crippen LogP contribution in [0.4, 0.5) is 0 Å². The third-order valence-corrected chi connectivity index (χ3v) is 4.43. The van der Waals surface area contributed by atoms with Gasteiger partial charge in [-0.25, -0.2) is 0 Å². The molecule has 1 fully saturated rings. The van der Waals surface area contributed by atoms with Crippen LogP contribution >= 0.6 is 0 Å². The first-order valence-corrected chi connectivity index (χ1v) is 8.17. The Morgan fingerprint density at radius 1 is 1.14 bits per heavy atom. The van der Waals surface area contributed by atoms with Gasteiger partial charge in [-0.05, 0) is 44.8 Å². The Labute approximate surface area is 129 Å². The number of hydrogen-bond acceptors (Lipinski definition) is 3. The Bertz CT molecular complexity index is 438. The van der Waals surface area contributed by atoms with Crippen LogP contribution in [0.1, 0.15) is 38.2 Å². The maximum absolute atomic E-state index is 8.59. The van der Waals surface area contributed by atoms with Crippen molar-refractivity contribution in [3.63, 3.8) is 0 Å². The second-order valence-corrected chi connectivity index (χ2v) is 6.05. The van der Waals surface area contributed by atoms with Crippen molar-refractivity contribution in [2.24, 2.45) is 0 Å². The van der Waals surface area contributed by atoms with E-state index in [0.29, 0.717) is 12.5 Å². The highest BCUT2D eigenvalue weighted by Gasteiger charge is 2.20. The molecule has 0 aromatic heterocycles. The SMILES string of the molecule is C[C@@H]1CCN(CCCCC#N)CCN1Cc1ccccc1. The van der Waals surface area contributed by atoms with Gasteiger partial charge < -0.3 is 4.90 Å². The monoisotopic (exact) mass is 285 g/mol. The lowest BCUT2D eigenvalue weighted by Gasteiger charge is -2.26. The van der Waals surface area contributed by atoms with E-state index in [4.69, 9.17) is 5.26 Å². The van der Waals surface area contributed by atoms with Crippen LogP contribution in [-0.2, 0) is 6.54 Å². The Morgan fingerprint density at radius 2 is 1.95 bits per heavy atom. The van der Waals surface area contributed by atoms with Gasteiger partial charge in [0.15, 0.2) is 0 Å². The summed E-state index contributed by atoms with van der Waals surface area (Å²) in [5.41, 5.74) is 1.41. The molecule has 1 aliphatic rings. The van der Waals surface area contributed by atoms with Crippen LogP contribution in [0.5, 0.6) is 0 Å². The minimum absolute atomic E-state index is 0.648. The molecule has 1 aliphatic heterocycles. The van der Waals surface area contributed by atoms with E-state index in [2.05, 4.69) is 53.1 Å². The molecule has 0 unspecified atom stereocenters. The van der Waals surface area contributed by atoms with Gasteiger partial charge in [0.2, 0.25) is 0 Å². The van der Waals surface area contributed by atoms with E-state index in [1.807, 2.05) is 0 Å². The van der Waals surface area contributed by atoms with Gasteiger partial charge in [0.1, 0.15) is 0 Å². The molecule has 0 aliphatic carbocycles. The van der Waals surface area contributed by atoms with Crippen molar-refractivity contribution in [3.8, 4) is 6.07 Å². The van der Waals surface area contributed by atoms with Crippen molar-refractivity contribution >= 4 is 0 Å². The standard InChI is InChI=1S/C18H27N3/c1-17-10-13-20(12-7-3-6-11-19)14-15-21(17)16-18-8-4-2-5-9-18/h2,4-5,8-9,17H,3,6-7,10,12-16H2,1H3/t17-/m1/s1. The Hall–Kier alpha value is -1.37. The third kappa shape index (κ3) is 5.49. The van der Waals surface area contributed by atoms with Crippen molar-refractivity contribution < 1.29 is 0 Å². The zero-order chi connectivity index (χ0) is 14.9. The van der Waals surface area contributed by atoms with E-state index in [9.17, 15) is 0 Å². The quantitative estimate of drug-likeness (QED) is 0.751. The topological polar surface area (TPSA) is 30.3 Å². The van der Waals surface area contributed by atoms with Crippen LogP contribution in [0.2, 0.25) is 0 Å². The molecule has 114 valence electrons. The number of nitrogens with zero attached hydrogens (tertiary/aromatic N) is 3. The molecule has 0 spiro atoms.